The number of aromatic nitrogens is 4. The van der Waals surface area contributed by atoms with Crippen LogP contribution >= 0.6 is 11.3 Å². The van der Waals surface area contributed by atoms with Gasteiger partial charge in [0.05, 0.1) is 37.9 Å². The van der Waals surface area contributed by atoms with Crippen LogP contribution in [-0.4, -0.2) is 46.1 Å². The number of hydrogen-bond donors (Lipinski definition) is 0. The normalized spacial score (nSPS) is 10.4. The largest absolute Gasteiger partial charge is 0.469 e. The second-order valence-corrected chi connectivity index (χ2v) is 5.45. The van der Waals surface area contributed by atoms with Crippen molar-refractivity contribution in [2.24, 2.45) is 0 Å². The van der Waals surface area contributed by atoms with Crippen LogP contribution in [0.2, 0.25) is 0 Å². The Bertz CT molecular complexity index is 664. The highest BCUT2D eigenvalue weighted by atomic mass is 32.1. The van der Waals surface area contributed by atoms with E-state index in [1.54, 1.807) is 6.20 Å². The van der Waals surface area contributed by atoms with Gasteiger partial charge in [-0.2, -0.15) is 0 Å². The van der Waals surface area contributed by atoms with E-state index in [9.17, 15) is 9.59 Å². The minimum absolute atomic E-state index is 0.0177. The number of thiazole rings is 1. The number of carbonyl (C=O) groups is 2. The summed E-state index contributed by atoms with van der Waals surface area (Å²) in [7, 11) is 2.52. The fraction of sp³-hybridized carbons (Fsp3) is 0.417. The summed E-state index contributed by atoms with van der Waals surface area (Å²) in [5.74, 6) is -1.12. The Hall–Kier alpha value is -2.29. The van der Waals surface area contributed by atoms with Crippen LogP contribution in [0.4, 0.5) is 0 Å². The molecule has 8 nitrogen and oxygen atoms in total. The van der Waals surface area contributed by atoms with Crippen molar-refractivity contribution >= 4 is 23.3 Å². The molecule has 0 amide bonds. The molecule has 0 aliphatic carbocycles. The molecule has 0 radical (unpaired) electrons. The summed E-state index contributed by atoms with van der Waals surface area (Å²) < 4.78 is 10.8. The van der Waals surface area contributed by atoms with E-state index in [2.05, 4.69) is 24.8 Å². The fourth-order valence-corrected chi connectivity index (χ4v) is 2.50. The third kappa shape index (κ3) is 3.43. The number of hydrogen-bond acceptors (Lipinski definition) is 8. The molecule has 0 saturated carbocycles. The van der Waals surface area contributed by atoms with E-state index in [4.69, 9.17) is 0 Å². The maximum Gasteiger partial charge on any atom is 0.360 e. The maximum atomic E-state index is 11.7. The molecular weight excluding hydrogens is 296 g/mol. The van der Waals surface area contributed by atoms with Gasteiger partial charge in [0.15, 0.2) is 5.69 Å². The Morgan fingerprint density at radius 3 is 2.67 bits per heavy atom. The summed E-state index contributed by atoms with van der Waals surface area (Å²) >= 11 is 1.51. The van der Waals surface area contributed by atoms with Gasteiger partial charge in [-0.3, -0.25) is 4.79 Å². The van der Waals surface area contributed by atoms with Gasteiger partial charge in [-0.05, 0) is 6.92 Å². The Balaban J connectivity index is 2.33. The van der Waals surface area contributed by atoms with Crippen molar-refractivity contribution in [1.29, 1.82) is 0 Å². The third-order valence-electron chi connectivity index (χ3n) is 2.73. The molecule has 2 aromatic heterocycles. The molecular formula is C12H14N4O4S. The molecule has 2 heterocycles. The number of esters is 2. The second-order valence-electron chi connectivity index (χ2n) is 4.13. The predicted octanol–water partition coefficient (Wildman–Crippen LogP) is 0.593. The lowest BCUT2D eigenvalue weighted by atomic mass is 10.2. The average molecular weight is 310 g/mol. The van der Waals surface area contributed by atoms with Gasteiger partial charge in [0.25, 0.3) is 0 Å². The first-order valence-corrected chi connectivity index (χ1v) is 6.85. The van der Waals surface area contributed by atoms with Crippen molar-refractivity contribution in [3.05, 3.63) is 27.5 Å². The highest BCUT2D eigenvalue weighted by Crippen LogP contribution is 2.16. The topological polar surface area (TPSA) is 96.2 Å². The molecule has 0 aromatic carbocycles. The number of nitrogens with zero attached hydrogens (tertiary/aromatic N) is 4. The number of ether oxygens (including phenoxy) is 2. The first-order chi connectivity index (χ1) is 10.0. The molecule has 21 heavy (non-hydrogen) atoms. The van der Waals surface area contributed by atoms with Gasteiger partial charge in [0.1, 0.15) is 0 Å². The summed E-state index contributed by atoms with van der Waals surface area (Å²) in [5, 5.41) is 8.63. The maximum absolute atomic E-state index is 11.7. The zero-order valence-corrected chi connectivity index (χ0v) is 12.6. The van der Waals surface area contributed by atoms with Crippen molar-refractivity contribution in [1.82, 2.24) is 20.0 Å². The van der Waals surface area contributed by atoms with Gasteiger partial charge >= 0.3 is 11.9 Å². The molecule has 2 aromatic rings. The fourth-order valence-electron chi connectivity index (χ4n) is 1.72. The van der Waals surface area contributed by atoms with Crippen LogP contribution in [0.5, 0.6) is 0 Å². The van der Waals surface area contributed by atoms with Gasteiger partial charge in [-0.1, -0.05) is 5.21 Å². The monoisotopic (exact) mass is 310 g/mol. The molecule has 9 heteroatoms. The molecule has 0 aliphatic heterocycles. The van der Waals surface area contributed by atoms with Crippen LogP contribution in [0.1, 0.15) is 26.1 Å². The van der Waals surface area contributed by atoms with Crippen molar-refractivity contribution in [3.8, 4) is 0 Å². The van der Waals surface area contributed by atoms with Crippen LogP contribution in [0.25, 0.3) is 0 Å². The van der Waals surface area contributed by atoms with Crippen LogP contribution in [-0.2, 0) is 27.2 Å². The smallest absolute Gasteiger partial charge is 0.360 e. The summed E-state index contributed by atoms with van der Waals surface area (Å²) in [4.78, 5) is 28.3. The summed E-state index contributed by atoms with van der Waals surface area (Å²) in [5.41, 5.74) is 0.379. The quantitative estimate of drug-likeness (QED) is 0.746. The summed E-state index contributed by atoms with van der Waals surface area (Å²) in [6, 6.07) is 0. The van der Waals surface area contributed by atoms with Crippen LogP contribution in [0.3, 0.4) is 0 Å². The first kappa shape index (κ1) is 15.1. The summed E-state index contributed by atoms with van der Waals surface area (Å²) in [6.45, 7) is 2.27. The SMILES string of the molecule is COC(=O)Cc1c(C(=O)OC)nnn1Cc1cnc(C)s1. The van der Waals surface area contributed by atoms with Crippen molar-refractivity contribution < 1.29 is 19.1 Å². The molecule has 0 saturated heterocycles. The lowest BCUT2D eigenvalue weighted by molar-refractivity contribution is -0.139. The van der Waals surface area contributed by atoms with Gasteiger partial charge < -0.3 is 9.47 Å². The van der Waals surface area contributed by atoms with Gasteiger partial charge in [0.2, 0.25) is 0 Å². The van der Waals surface area contributed by atoms with Gasteiger partial charge in [-0.15, -0.1) is 16.4 Å². The number of rotatable bonds is 5. The highest BCUT2D eigenvalue weighted by molar-refractivity contribution is 7.11. The van der Waals surface area contributed by atoms with E-state index in [1.165, 1.54) is 30.2 Å². The Morgan fingerprint density at radius 2 is 2.10 bits per heavy atom. The number of methoxy groups -OCH3 is 2. The average Bonchev–Trinajstić information content (AvgIpc) is 3.05. The van der Waals surface area contributed by atoms with Crippen molar-refractivity contribution in [3.63, 3.8) is 0 Å². The van der Waals surface area contributed by atoms with E-state index in [-0.39, 0.29) is 12.1 Å². The number of aryl methyl sites for hydroxylation is 1. The van der Waals surface area contributed by atoms with Gasteiger partial charge in [0, 0.05) is 11.1 Å². The zero-order valence-electron chi connectivity index (χ0n) is 11.8. The van der Waals surface area contributed by atoms with E-state index >= 15 is 0 Å². The molecule has 0 atom stereocenters. The third-order valence-corrected chi connectivity index (χ3v) is 3.63. The van der Waals surface area contributed by atoms with Crippen molar-refractivity contribution in [2.45, 2.75) is 19.9 Å². The Labute approximate surface area is 124 Å². The molecule has 0 unspecified atom stereocenters. The van der Waals surface area contributed by atoms with Crippen LogP contribution in [0.15, 0.2) is 6.20 Å². The van der Waals surface area contributed by atoms with E-state index in [1.807, 2.05) is 6.92 Å². The second kappa shape index (κ2) is 6.44. The zero-order chi connectivity index (χ0) is 15.4. The van der Waals surface area contributed by atoms with E-state index in [0.29, 0.717) is 12.2 Å². The van der Waals surface area contributed by atoms with E-state index < -0.39 is 11.9 Å². The molecule has 0 aliphatic rings. The number of carbonyl (C=O) groups excluding carboxylic acids is 2. The molecule has 2 rings (SSSR count). The van der Waals surface area contributed by atoms with Crippen LogP contribution in [0, 0.1) is 6.92 Å². The predicted molar refractivity (Wildman–Crippen MR) is 73.0 cm³/mol. The van der Waals surface area contributed by atoms with Crippen LogP contribution < -0.4 is 0 Å². The van der Waals surface area contributed by atoms with Gasteiger partial charge in [-0.25, -0.2) is 14.5 Å². The Kier molecular flexibility index (Phi) is 4.63. The molecule has 0 bridgehead atoms. The molecule has 0 spiro atoms. The molecule has 0 fully saturated rings. The molecule has 112 valence electrons. The lowest BCUT2D eigenvalue weighted by Crippen LogP contribution is -2.15. The van der Waals surface area contributed by atoms with E-state index in [0.717, 1.165) is 9.88 Å². The molecule has 0 N–H and O–H groups in total. The standard InChI is InChI=1S/C12H14N4O4S/c1-7-13-5-8(21-7)6-16-9(4-10(17)19-2)11(14-15-16)12(18)20-3/h5H,4,6H2,1-3H3. The summed E-state index contributed by atoms with van der Waals surface area (Å²) in [6.07, 6.45) is 1.62. The lowest BCUT2D eigenvalue weighted by Gasteiger charge is -2.05. The minimum atomic E-state index is -0.638. The first-order valence-electron chi connectivity index (χ1n) is 6.04. The highest BCUT2D eigenvalue weighted by Gasteiger charge is 2.23. The minimum Gasteiger partial charge on any atom is -0.469 e. The van der Waals surface area contributed by atoms with Crippen molar-refractivity contribution in [2.75, 3.05) is 14.2 Å². The Morgan fingerprint density at radius 1 is 1.33 bits per heavy atom.